The summed E-state index contributed by atoms with van der Waals surface area (Å²) in [6.45, 7) is 2.21. The number of rotatable bonds is 3. The van der Waals surface area contributed by atoms with Crippen molar-refractivity contribution >= 4 is 5.95 Å². The summed E-state index contributed by atoms with van der Waals surface area (Å²) in [4.78, 5) is 6.57. The topological polar surface area (TPSA) is 33.1 Å². The molecule has 0 aliphatic carbocycles. The van der Waals surface area contributed by atoms with E-state index in [1.54, 1.807) is 0 Å². The zero-order valence-corrected chi connectivity index (χ0v) is 9.61. The molecule has 0 aromatic carbocycles. The van der Waals surface area contributed by atoms with Crippen LogP contribution in [0.15, 0.2) is 12.4 Å². The fourth-order valence-corrected chi connectivity index (χ4v) is 2.22. The molecule has 1 aliphatic rings. The summed E-state index contributed by atoms with van der Waals surface area (Å²) < 4.78 is 2.06. The van der Waals surface area contributed by atoms with Crippen molar-refractivity contribution in [3.8, 4) is 0 Å². The number of imidazole rings is 1. The van der Waals surface area contributed by atoms with E-state index in [4.69, 9.17) is 0 Å². The lowest BCUT2D eigenvalue weighted by Crippen LogP contribution is -2.43. The summed E-state index contributed by atoms with van der Waals surface area (Å²) in [5.74, 6) is 1.04. The van der Waals surface area contributed by atoms with E-state index in [0.717, 1.165) is 12.5 Å². The molecule has 1 atom stereocenters. The molecule has 1 N–H and O–H groups in total. The fraction of sp³-hybridized carbons (Fsp3) is 0.727. The number of nitrogens with one attached hydrogen (secondary N) is 1. The van der Waals surface area contributed by atoms with Gasteiger partial charge in [0.2, 0.25) is 5.95 Å². The van der Waals surface area contributed by atoms with Crippen molar-refractivity contribution in [3.05, 3.63) is 12.4 Å². The van der Waals surface area contributed by atoms with Gasteiger partial charge in [0.25, 0.3) is 0 Å². The lowest BCUT2D eigenvalue weighted by Gasteiger charge is -2.28. The Balaban J connectivity index is 1.91. The number of nitrogens with zero attached hydrogens (tertiary/aromatic N) is 3. The second-order valence-corrected chi connectivity index (χ2v) is 4.37. The quantitative estimate of drug-likeness (QED) is 0.804. The molecule has 0 saturated carbocycles. The highest BCUT2D eigenvalue weighted by Crippen LogP contribution is 2.12. The summed E-state index contributed by atoms with van der Waals surface area (Å²) in [5.41, 5.74) is 0. The Morgan fingerprint density at radius 3 is 3.07 bits per heavy atom. The van der Waals surface area contributed by atoms with Gasteiger partial charge in [-0.2, -0.15) is 0 Å². The Kier molecular flexibility index (Phi) is 3.26. The van der Waals surface area contributed by atoms with Crippen molar-refractivity contribution < 1.29 is 0 Å². The Hall–Kier alpha value is -1.03. The van der Waals surface area contributed by atoms with Crippen LogP contribution in [0.3, 0.4) is 0 Å². The minimum Gasteiger partial charge on any atom is -0.344 e. The third-order valence-corrected chi connectivity index (χ3v) is 3.04. The van der Waals surface area contributed by atoms with E-state index in [1.807, 2.05) is 19.4 Å². The molecule has 2 rings (SSSR count). The van der Waals surface area contributed by atoms with E-state index >= 15 is 0 Å². The summed E-state index contributed by atoms with van der Waals surface area (Å²) in [5, 5.41) is 3.55. The number of hydrogen-bond acceptors (Lipinski definition) is 3. The number of piperidine rings is 1. The first-order valence-electron chi connectivity index (χ1n) is 5.69. The fourth-order valence-electron chi connectivity index (χ4n) is 2.22. The van der Waals surface area contributed by atoms with Crippen LogP contribution in [0.5, 0.6) is 0 Å². The number of aromatic nitrogens is 2. The second-order valence-electron chi connectivity index (χ2n) is 4.37. The van der Waals surface area contributed by atoms with Crippen molar-refractivity contribution in [1.82, 2.24) is 14.9 Å². The smallest absolute Gasteiger partial charge is 0.204 e. The van der Waals surface area contributed by atoms with E-state index in [-0.39, 0.29) is 0 Å². The third kappa shape index (κ3) is 2.50. The standard InChI is InChI=1S/C11H20N4/c1-14-8-7-13-11(14)15(2)9-10-5-3-4-6-12-10/h7-8,10,12H,3-6,9H2,1-2H3. The van der Waals surface area contributed by atoms with Gasteiger partial charge in [0, 0.05) is 39.1 Å². The van der Waals surface area contributed by atoms with Crippen LogP contribution in [-0.2, 0) is 7.05 Å². The van der Waals surface area contributed by atoms with Gasteiger partial charge in [-0.1, -0.05) is 6.42 Å². The van der Waals surface area contributed by atoms with E-state index in [1.165, 1.54) is 25.8 Å². The van der Waals surface area contributed by atoms with E-state index in [9.17, 15) is 0 Å². The molecule has 84 valence electrons. The monoisotopic (exact) mass is 208 g/mol. The summed E-state index contributed by atoms with van der Waals surface area (Å²) in [6.07, 6.45) is 7.80. The predicted octanol–water partition coefficient (Wildman–Crippen LogP) is 0.998. The first-order chi connectivity index (χ1) is 7.27. The zero-order valence-electron chi connectivity index (χ0n) is 9.61. The molecular formula is C11H20N4. The lowest BCUT2D eigenvalue weighted by atomic mass is 10.0. The van der Waals surface area contributed by atoms with Crippen molar-refractivity contribution in [2.45, 2.75) is 25.3 Å². The summed E-state index contributed by atoms with van der Waals surface area (Å²) in [6, 6.07) is 0.625. The SMILES string of the molecule is CN(CC1CCCCN1)c1nccn1C. The van der Waals surface area contributed by atoms with Crippen molar-refractivity contribution in [1.29, 1.82) is 0 Å². The highest BCUT2D eigenvalue weighted by Gasteiger charge is 2.16. The average Bonchev–Trinajstić information content (AvgIpc) is 2.66. The van der Waals surface area contributed by atoms with Crippen molar-refractivity contribution in [2.75, 3.05) is 25.0 Å². The van der Waals surface area contributed by atoms with E-state index in [0.29, 0.717) is 6.04 Å². The molecule has 0 spiro atoms. The highest BCUT2D eigenvalue weighted by molar-refractivity contribution is 5.29. The van der Waals surface area contributed by atoms with Crippen LogP contribution in [0.4, 0.5) is 5.95 Å². The highest BCUT2D eigenvalue weighted by atomic mass is 15.3. The molecule has 1 aromatic heterocycles. The van der Waals surface area contributed by atoms with Gasteiger partial charge in [-0.25, -0.2) is 4.98 Å². The molecular weight excluding hydrogens is 188 g/mol. The molecule has 0 radical (unpaired) electrons. The number of anilines is 1. The molecule has 1 saturated heterocycles. The maximum absolute atomic E-state index is 4.34. The largest absolute Gasteiger partial charge is 0.344 e. The summed E-state index contributed by atoms with van der Waals surface area (Å²) >= 11 is 0. The third-order valence-electron chi connectivity index (χ3n) is 3.04. The first kappa shape index (κ1) is 10.5. The average molecular weight is 208 g/mol. The minimum absolute atomic E-state index is 0.625. The van der Waals surface area contributed by atoms with Gasteiger partial charge in [-0.3, -0.25) is 0 Å². The number of hydrogen-bond donors (Lipinski definition) is 1. The van der Waals surface area contributed by atoms with Crippen LogP contribution in [-0.4, -0.2) is 35.7 Å². The van der Waals surface area contributed by atoms with Crippen LogP contribution < -0.4 is 10.2 Å². The number of likely N-dealkylation sites (N-methyl/N-ethyl adjacent to an activating group) is 1. The molecule has 1 fully saturated rings. The van der Waals surface area contributed by atoms with Crippen LogP contribution in [0.25, 0.3) is 0 Å². The first-order valence-corrected chi connectivity index (χ1v) is 5.69. The molecule has 15 heavy (non-hydrogen) atoms. The van der Waals surface area contributed by atoms with Gasteiger partial charge < -0.3 is 14.8 Å². The van der Waals surface area contributed by atoms with Crippen LogP contribution in [0.2, 0.25) is 0 Å². The minimum atomic E-state index is 0.625. The summed E-state index contributed by atoms with van der Waals surface area (Å²) in [7, 11) is 4.14. The predicted molar refractivity (Wildman–Crippen MR) is 62.1 cm³/mol. The van der Waals surface area contributed by atoms with Gasteiger partial charge in [-0.15, -0.1) is 0 Å². The van der Waals surface area contributed by atoms with Gasteiger partial charge in [0.15, 0.2) is 0 Å². The van der Waals surface area contributed by atoms with Gasteiger partial charge in [0.05, 0.1) is 0 Å². The Labute approximate surface area is 91.3 Å². The normalized spacial score (nSPS) is 21.6. The second kappa shape index (κ2) is 4.66. The van der Waals surface area contributed by atoms with E-state index in [2.05, 4.69) is 26.8 Å². The van der Waals surface area contributed by atoms with Gasteiger partial charge in [0.1, 0.15) is 0 Å². The lowest BCUT2D eigenvalue weighted by molar-refractivity contribution is 0.402. The Morgan fingerprint density at radius 2 is 2.47 bits per heavy atom. The van der Waals surface area contributed by atoms with Crippen molar-refractivity contribution in [2.24, 2.45) is 7.05 Å². The molecule has 1 aliphatic heterocycles. The zero-order chi connectivity index (χ0) is 10.7. The van der Waals surface area contributed by atoms with Gasteiger partial charge >= 0.3 is 0 Å². The van der Waals surface area contributed by atoms with Crippen LogP contribution >= 0.6 is 0 Å². The van der Waals surface area contributed by atoms with Crippen LogP contribution in [0.1, 0.15) is 19.3 Å². The molecule has 4 nitrogen and oxygen atoms in total. The molecule has 0 amide bonds. The van der Waals surface area contributed by atoms with E-state index < -0.39 is 0 Å². The van der Waals surface area contributed by atoms with Crippen molar-refractivity contribution in [3.63, 3.8) is 0 Å². The Morgan fingerprint density at radius 1 is 1.60 bits per heavy atom. The number of aryl methyl sites for hydroxylation is 1. The molecule has 2 heterocycles. The molecule has 1 aromatic rings. The van der Waals surface area contributed by atoms with Gasteiger partial charge in [-0.05, 0) is 19.4 Å². The maximum atomic E-state index is 4.34. The Bertz CT molecular complexity index is 301. The maximum Gasteiger partial charge on any atom is 0.204 e. The molecule has 4 heteroatoms. The van der Waals surface area contributed by atoms with Crippen LogP contribution in [0, 0.1) is 0 Å². The molecule has 0 bridgehead atoms. The molecule has 1 unspecified atom stereocenters.